The summed E-state index contributed by atoms with van der Waals surface area (Å²) in [6.45, 7) is 1.71. The van der Waals surface area contributed by atoms with Crippen LogP contribution in [0.25, 0.3) is 0 Å². The van der Waals surface area contributed by atoms with Crippen molar-refractivity contribution in [1.82, 2.24) is 0 Å². The summed E-state index contributed by atoms with van der Waals surface area (Å²) in [7, 11) is 0. The van der Waals surface area contributed by atoms with E-state index in [-0.39, 0.29) is 19.0 Å². The Kier molecular flexibility index (Phi) is 4.37. The Balaban J connectivity index is 2.13. The Bertz CT molecular complexity index is 574. The van der Waals surface area contributed by atoms with E-state index < -0.39 is 5.60 Å². The maximum Gasteiger partial charge on any atom is 0.136 e. The molecule has 1 unspecified atom stereocenters. The maximum atomic E-state index is 13.2. The third kappa shape index (κ3) is 3.15. The number of halogens is 1. The second kappa shape index (κ2) is 6.03. The first-order chi connectivity index (χ1) is 9.55. The molecule has 0 saturated heterocycles. The van der Waals surface area contributed by atoms with E-state index in [9.17, 15) is 9.50 Å². The second-order valence-electron chi connectivity index (χ2n) is 4.80. The fourth-order valence-corrected chi connectivity index (χ4v) is 1.92. The van der Waals surface area contributed by atoms with Gasteiger partial charge in [0.1, 0.15) is 23.8 Å². The van der Waals surface area contributed by atoms with Crippen LogP contribution in [0.1, 0.15) is 11.1 Å². The highest BCUT2D eigenvalue weighted by atomic mass is 19.1. The minimum atomic E-state index is -1.26. The Labute approximate surface area is 117 Å². The van der Waals surface area contributed by atoms with E-state index in [0.29, 0.717) is 16.9 Å². The first-order valence-corrected chi connectivity index (χ1v) is 6.42. The molecule has 0 fully saturated rings. The molecule has 0 amide bonds. The molecule has 1 atom stereocenters. The van der Waals surface area contributed by atoms with Gasteiger partial charge in [-0.05, 0) is 36.2 Å². The van der Waals surface area contributed by atoms with E-state index in [1.54, 1.807) is 25.1 Å². The summed E-state index contributed by atoms with van der Waals surface area (Å²) in [5.74, 6) is 0.223. The molecule has 0 aliphatic heterocycles. The first-order valence-electron chi connectivity index (χ1n) is 6.42. The molecule has 4 heteroatoms. The van der Waals surface area contributed by atoms with E-state index in [1.807, 2.05) is 18.2 Å². The SMILES string of the molecule is Cc1cc(OCC(O)(CN)c2ccccc2)ccc1F. The zero-order valence-electron chi connectivity index (χ0n) is 11.3. The van der Waals surface area contributed by atoms with Crippen LogP contribution in [0.2, 0.25) is 0 Å². The second-order valence-corrected chi connectivity index (χ2v) is 4.80. The topological polar surface area (TPSA) is 55.5 Å². The normalized spacial score (nSPS) is 13.8. The Morgan fingerprint density at radius 1 is 1.20 bits per heavy atom. The van der Waals surface area contributed by atoms with Gasteiger partial charge in [0, 0.05) is 6.54 Å². The maximum absolute atomic E-state index is 13.2. The molecule has 0 aliphatic rings. The minimum Gasteiger partial charge on any atom is -0.490 e. The van der Waals surface area contributed by atoms with Crippen LogP contribution in [-0.4, -0.2) is 18.3 Å². The number of ether oxygens (including phenoxy) is 1. The molecule has 0 aromatic heterocycles. The van der Waals surface area contributed by atoms with Gasteiger partial charge in [-0.2, -0.15) is 0 Å². The molecule has 2 aromatic carbocycles. The summed E-state index contributed by atoms with van der Waals surface area (Å²) in [4.78, 5) is 0. The lowest BCUT2D eigenvalue weighted by atomic mass is 9.95. The standard InChI is InChI=1S/C16H18FNO2/c1-12-9-14(7-8-15(12)17)20-11-16(19,10-18)13-5-3-2-4-6-13/h2-9,19H,10-11,18H2,1H3. The molecule has 106 valence electrons. The highest BCUT2D eigenvalue weighted by molar-refractivity contribution is 5.29. The van der Waals surface area contributed by atoms with Gasteiger partial charge in [-0.1, -0.05) is 30.3 Å². The Hall–Kier alpha value is -1.91. The number of aryl methyl sites for hydroxylation is 1. The lowest BCUT2D eigenvalue weighted by Gasteiger charge is -2.27. The van der Waals surface area contributed by atoms with Gasteiger partial charge in [0.2, 0.25) is 0 Å². The van der Waals surface area contributed by atoms with Crippen molar-refractivity contribution in [3.8, 4) is 5.75 Å². The number of hydrogen-bond acceptors (Lipinski definition) is 3. The van der Waals surface area contributed by atoms with E-state index >= 15 is 0 Å². The highest BCUT2D eigenvalue weighted by Crippen LogP contribution is 2.23. The molecule has 0 spiro atoms. The summed E-state index contributed by atoms with van der Waals surface area (Å²) in [5.41, 5.74) is 5.60. The van der Waals surface area contributed by atoms with E-state index in [2.05, 4.69) is 0 Å². The smallest absolute Gasteiger partial charge is 0.136 e. The van der Waals surface area contributed by atoms with Gasteiger partial charge in [-0.15, -0.1) is 0 Å². The van der Waals surface area contributed by atoms with Crippen molar-refractivity contribution in [3.05, 3.63) is 65.5 Å². The number of rotatable bonds is 5. The predicted molar refractivity (Wildman–Crippen MR) is 76.0 cm³/mol. The summed E-state index contributed by atoms with van der Waals surface area (Å²) < 4.78 is 18.7. The van der Waals surface area contributed by atoms with Crippen LogP contribution in [-0.2, 0) is 5.60 Å². The van der Waals surface area contributed by atoms with Crippen LogP contribution in [0, 0.1) is 12.7 Å². The van der Waals surface area contributed by atoms with Crippen molar-refractivity contribution < 1.29 is 14.2 Å². The molecule has 0 heterocycles. The zero-order chi connectivity index (χ0) is 14.6. The largest absolute Gasteiger partial charge is 0.490 e. The monoisotopic (exact) mass is 275 g/mol. The molecule has 20 heavy (non-hydrogen) atoms. The number of benzene rings is 2. The predicted octanol–water partition coefficient (Wildman–Crippen LogP) is 2.36. The lowest BCUT2D eigenvalue weighted by molar-refractivity contribution is -0.00148. The molecule has 0 radical (unpaired) electrons. The quantitative estimate of drug-likeness (QED) is 0.880. The van der Waals surface area contributed by atoms with Gasteiger partial charge in [0.25, 0.3) is 0 Å². The zero-order valence-corrected chi connectivity index (χ0v) is 11.3. The van der Waals surface area contributed by atoms with Crippen LogP contribution in [0.5, 0.6) is 5.75 Å². The molecular formula is C16H18FNO2. The van der Waals surface area contributed by atoms with Gasteiger partial charge in [0.15, 0.2) is 0 Å². The molecule has 2 aromatic rings. The van der Waals surface area contributed by atoms with Gasteiger partial charge in [0.05, 0.1) is 0 Å². The highest BCUT2D eigenvalue weighted by Gasteiger charge is 2.28. The third-order valence-electron chi connectivity index (χ3n) is 3.26. The summed E-state index contributed by atoms with van der Waals surface area (Å²) in [6, 6.07) is 13.6. The van der Waals surface area contributed by atoms with Crippen molar-refractivity contribution >= 4 is 0 Å². The van der Waals surface area contributed by atoms with E-state index in [4.69, 9.17) is 10.5 Å². The molecule has 0 saturated carbocycles. The first kappa shape index (κ1) is 14.5. The van der Waals surface area contributed by atoms with Gasteiger partial charge in [-0.25, -0.2) is 4.39 Å². The number of nitrogens with two attached hydrogens (primary N) is 1. The molecule has 3 nitrogen and oxygen atoms in total. The van der Waals surface area contributed by atoms with Crippen molar-refractivity contribution in [2.24, 2.45) is 5.73 Å². The van der Waals surface area contributed by atoms with E-state index in [0.717, 1.165) is 0 Å². The molecule has 3 N–H and O–H groups in total. The average molecular weight is 275 g/mol. The summed E-state index contributed by atoms with van der Waals surface area (Å²) in [6.07, 6.45) is 0. The van der Waals surface area contributed by atoms with Crippen molar-refractivity contribution in [3.63, 3.8) is 0 Å². The summed E-state index contributed by atoms with van der Waals surface area (Å²) >= 11 is 0. The van der Waals surface area contributed by atoms with Crippen molar-refractivity contribution in [2.75, 3.05) is 13.2 Å². The van der Waals surface area contributed by atoms with E-state index in [1.165, 1.54) is 12.1 Å². The minimum absolute atomic E-state index is 0.0125. The van der Waals surface area contributed by atoms with Gasteiger partial charge in [-0.3, -0.25) is 0 Å². The van der Waals surface area contributed by atoms with Crippen LogP contribution in [0.15, 0.2) is 48.5 Å². The average Bonchev–Trinajstić information content (AvgIpc) is 2.49. The van der Waals surface area contributed by atoms with Crippen LogP contribution in [0.4, 0.5) is 4.39 Å². The Morgan fingerprint density at radius 3 is 2.50 bits per heavy atom. The van der Waals surface area contributed by atoms with Gasteiger partial charge >= 0.3 is 0 Å². The van der Waals surface area contributed by atoms with Crippen molar-refractivity contribution in [2.45, 2.75) is 12.5 Å². The van der Waals surface area contributed by atoms with Crippen LogP contribution in [0.3, 0.4) is 0 Å². The fourth-order valence-electron chi connectivity index (χ4n) is 1.92. The van der Waals surface area contributed by atoms with Crippen molar-refractivity contribution in [1.29, 1.82) is 0 Å². The molecular weight excluding hydrogens is 257 g/mol. The lowest BCUT2D eigenvalue weighted by Crippen LogP contribution is -2.40. The van der Waals surface area contributed by atoms with Crippen LogP contribution >= 0.6 is 0 Å². The summed E-state index contributed by atoms with van der Waals surface area (Å²) in [5, 5.41) is 10.6. The Morgan fingerprint density at radius 2 is 1.90 bits per heavy atom. The number of aliphatic hydroxyl groups is 1. The number of hydrogen-bond donors (Lipinski definition) is 2. The van der Waals surface area contributed by atoms with Gasteiger partial charge < -0.3 is 15.6 Å². The molecule has 0 bridgehead atoms. The third-order valence-corrected chi connectivity index (χ3v) is 3.26. The fraction of sp³-hybridized carbons (Fsp3) is 0.250. The molecule has 0 aliphatic carbocycles. The van der Waals surface area contributed by atoms with Crippen LogP contribution < -0.4 is 10.5 Å². The molecule has 2 rings (SSSR count).